The van der Waals surface area contributed by atoms with Crippen LogP contribution in [0.15, 0.2) is 18.3 Å². The summed E-state index contributed by atoms with van der Waals surface area (Å²) in [4.78, 5) is 9.07. The molecule has 0 saturated carbocycles. The summed E-state index contributed by atoms with van der Waals surface area (Å²) in [6, 6.07) is 4.24. The third-order valence-electron chi connectivity index (χ3n) is 3.67. The molecule has 0 aliphatic carbocycles. The lowest BCUT2D eigenvalue weighted by atomic mass is 10.2. The highest BCUT2D eigenvalue weighted by atomic mass is 16.5. The summed E-state index contributed by atoms with van der Waals surface area (Å²) in [5, 5.41) is 9.10. The number of methoxy groups -OCH3 is 1. The van der Waals surface area contributed by atoms with Gasteiger partial charge in [0.15, 0.2) is 0 Å². The lowest BCUT2D eigenvalue weighted by Crippen LogP contribution is -2.30. The average molecular weight is 279 g/mol. The Morgan fingerprint density at radius 1 is 1.30 bits per heavy atom. The fraction of sp³-hybridized carbons (Fsp3) is 0.667. The molecule has 1 fully saturated rings. The van der Waals surface area contributed by atoms with E-state index in [4.69, 9.17) is 9.84 Å². The van der Waals surface area contributed by atoms with Crippen LogP contribution < -0.4 is 4.90 Å². The molecule has 0 spiro atoms. The first-order valence-corrected chi connectivity index (χ1v) is 7.35. The van der Waals surface area contributed by atoms with Crippen LogP contribution in [0.2, 0.25) is 0 Å². The first-order chi connectivity index (χ1) is 9.83. The van der Waals surface area contributed by atoms with Gasteiger partial charge in [-0.3, -0.25) is 4.90 Å². The fourth-order valence-corrected chi connectivity index (χ4v) is 2.53. The average Bonchev–Trinajstić information content (AvgIpc) is 3.00. The number of hydrogen-bond acceptors (Lipinski definition) is 5. The smallest absolute Gasteiger partial charge is 0.128 e. The van der Waals surface area contributed by atoms with Gasteiger partial charge >= 0.3 is 0 Å². The number of anilines is 1. The Kier molecular flexibility index (Phi) is 6.24. The first-order valence-electron chi connectivity index (χ1n) is 7.35. The zero-order valence-electron chi connectivity index (χ0n) is 12.3. The van der Waals surface area contributed by atoms with Crippen molar-refractivity contribution in [3.8, 4) is 0 Å². The van der Waals surface area contributed by atoms with Crippen LogP contribution in [0.5, 0.6) is 0 Å². The Bertz CT molecular complexity index is 377. The highest BCUT2D eigenvalue weighted by molar-refractivity contribution is 5.40. The minimum Gasteiger partial charge on any atom is -0.395 e. The summed E-state index contributed by atoms with van der Waals surface area (Å²) >= 11 is 0. The monoisotopic (exact) mass is 279 g/mol. The van der Waals surface area contributed by atoms with E-state index in [-0.39, 0.29) is 6.61 Å². The molecule has 1 saturated heterocycles. The predicted octanol–water partition coefficient (Wildman–Crippen LogP) is 1.12. The number of aliphatic hydroxyl groups is 1. The molecule has 1 aromatic heterocycles. The molecule has 1 aliphatic heterocycles. The molecule has 5 heteroatoms. The van der Waals surface area contributed by atoms with Crippen molar-refractivity contribution in [3.05, 3.63) is 23.9 Å². The first kappa shape index (κ1) is 15.2. The second kappa shape index (κ2) is 8.19. The number of hydrogen-bond donors (Lipinski definition) is 1. The van der Waals surface area contributed by atoms with Gasteiger partial charge in [-0.1, -0.05) is 6.07 Å². The normalized spacial score (nSPS) is 15.2. The Morgan fingerprint density at radius 2 is 2.10 bits per heavy atom. The lowest BCUT2D eigenvalue weighted by Gasteiger charge is -2.21. The predicted molar refractivity (Wildman–Crippen MR) is 79.9 cm³/mol. The Morgan fingerprint density at radius 3 is 2.70 bits per heavy atom. The van der Waals surface area contributed by atoms with E-state index in [0.29, 0.717) is 13.2 Å². The fourth-order valence-electron chi connectivity index (χ4n) is 2.53. The van der Waals surface area contributed by atoms with E-state index in [1.807, 2.05) is 6.20 Å². The quantitative estimate of drug-likeness (QED) is 0.773. The molecule has 0 amide bonds. The van der Waals surface area contributed by atoms with E-state index in [9.17, 15) is 0 Å². The number of aromatic nitrogens is 1. The van der Waals surface area contributed by atoms with Crippen molar-refractivity contribution in [1.29, 1.82) is 0 Å². The number of rotatable bonds is 8. The Hall–Kier alpha value is -1.17. The van der Waals surface area contributed by atoms with Gasteiger partial charge in [-0.25, -0.2) is 4.98 Å². The molecule has 20 heavy (non-hydrogen) atoms. The van der Waals surface area contributed by atoms with Gasteiger partial charge < -0.3 is 14.7 Å². The lowest BCUT2D eigenvalue weighted by molar-refractivity contribution is 0.127. The Balaban J connectivity index is 1.90. The standard InChI is InChI=1S/C15H25N3O2/c1-20-11-9-17(8-10-19)13-14-4-5-15(16-12-14)18-6-2-3-7-18/h4-5,12,19H,2-3,6-11,13H2,1H3. The summed E-state index contributed by atoms with van der Waals surface area (Å²) in [6.07, 6.45) is 4.49. The maximum Gasteiger partial charge on any atom is 0.128 e. The van der Waals surface area contributed by atoms with Crippen LogP contribution in [0.4, 0.5) is 5.82 Å². The van der Waals surface area contributed by atoms with Gasteiger partial charge in [-0.05, 0) is 24.5 Å². The highest BCUT2D eigenvalue weighted by Gasteiger charge is 2.13. The molecular weight excluding hydrogens is 254 g/mol. The summed E-state index contributed by atoms with van der Waals surface area (Å²) in [5.41, 5.74) is 1.18. The van der Waals surface area contributed by atoms with Crippen molar-refractivity contribution in [3.63, 3.8) is 0 Å². The van der Waals surface area contributed by atoms with Gasteiger partial charge in [0.25, 0.3) is 0 Å². The van der Waals surface area contributed by atoms with E-state index >= 15 is 0 Å². The molecule has 0 radical (unpaired) electrons. The van der Waals surface area contributed by atoms with Gasteiger partial charge in [0.1, 0.15) is 5.82 Å². The van der Waals surface area contributed by atoms with Gasteiger partial charge in [-0.15, -0.1) is 0 Å². The third kappa shape index (κ3) is 4.44. The second-order valence-corrected chi connectivity index (χ2v) is 5.21. The van der Waals surface area contributed by atoms with Gasteiger partial charge in [0.05, 0.1) is 13.2 Å². The van der Waals surface area contributed by atoms with Crippen molar-refractivity contribution in [2.75, 3.05) is 51.4 Å². The molecule has 112 valence electrons. The summed E-state index contributed by atoms with van der Waals surface area (Å²) in [6.45, 7) is 5.38. The van der Waals surface area contributed by atoms with Crippen LogP contribution in [0.1, 0.15) is 18.4 Å². The maximum absolute atomic E-state index is 9.10. The van der Waals surface area contributed by atoms with Crippen molar-refractivity contribution in [2.24, 2.45) is 0 Å². The summed E-state index contributed by atoms with van der Waals surface area (Å²) < 4.78 is 5.10. The summed E-state index contributed by atoms with van der Waals surface area (Å²) in [5.74, 6) is 1.08. The van der Waals surface area contributed by atoms with Crippen molar-refractivity contribution in [1.82, 2.24) is 9.88 Å². The van der Waals surface area contributed by atoms with Crippen LogP contribution in [0.25, 0.3) is 0 Å². The van der Waals surface area contributed by atoms with Gasteiger partial charge in [0.2, 0.25) is 0 Å². The van der Waals surface area contributed by atoms with E-state index < -0.39 is 0 Å². The van der Waals surface area contributed by atoms with Crippen molar-refractivity contribution < 1.29 is 9.84 Å². The van der Waals surface area contributed by atoms with E-state index in [2.05, 4.69) is 26.9 Å². The van der Waals surface area contributed by atoms with Crippen LogP contribution >= 0.6 is 0 Å². The maximum atomic E-state index is 9.10. The molecule has 1 aromatic rings. The molecule has 0 atom stereocenters. The molecule has 5 nitrogen and oxygen atoms in total. The number of nitrogens with zero attached hydrogens (tertiary/aromatic N) is 3. The minimum absolute atomic E-state index is 0.170. The molecule has 2 rings (SSSR count). The molecule has 2 heterocycles. The van der Waals surface area contributed by atoms with Crippen molar-refractivity contribution >= 4 is 5.82 Å². The zero-order valence-corrected chi connectivity index (χ0v) is 12.3. The van der Waals surface area contributed by atoms with Crippen LogP contribution in [0.3, 0.4) is 0 Å². The SMILES string of the molecule is COCCN(CCO)Cc1ccc(N2CCCC2)nc1. The molecule has 1 N–H and O–H groups in total. The molecular formula is C15H25N3O2. The number of aliphatic hydroxyl groups excluding tert-OH is 1. The highest BCUT2D eigenvalue weighted by Crippen LogP contribution is 2.18. The molecule has 0 aromatic carbocycles. The van der Waals surface area contributed by atoms with E-state index in [1.54, 1.807) is 7.11 Å². The van der Waals surface area contributed by atoms with E-state index in [1.165, 1.54) is 18.4 Å². The number of pyridine rings is 1. The molecule has 0 unspecified atom stereocenters. The van der Waals surface area contributed by atoms with Gasteiger partial charge in [-0.2, -0.15) is 0 Å². The van der Waals surface area contributed by atoms with Crippen LogP contribution in [0, 0.1) is 0 Å². The minimum atomic E-state index is 0.170. The zero-order chi connectivity index (χ0) is 14.2. The molecule has 0 bridgehead atoms. The van der Waals surface area contributed by atoms with Crippen LogP contribution in [-0.4, -0.2) is 61.5 Å². The van der Waals surface area contributed by atoms with Crippen molar-refractivity contribution in [2.45, 2.75) is 19.4 Å². The second-order valence-electron chi connectivity index (χ2n) is 5.21. The Labute approximate surface area is 121 Å². The molecule has 1 aliphatic rings. The van der Waals surface area contributed by atoms with E-state index in [0.717, 1.165) is 32.0 Å². The number of ether oxygens (including phenoxy) is 1. The largest absolute Gasteiger partial charge is 0.395 e. The van der Waals surface area contributed by atoms with Gasteiger partial charge in [0, 0.05) is 46.0 Å². The summed E-state index contributed by atoms with van der Waals surface area (Å²) in [7, 11) is 1.70. The topological polar surface area (TPSA) is 48.8 Å². The van der Waals surface area contributed by atoms with Crippen LogP contribution in [-0.2, 0) is 11.3 Å². The third-order valence-corrected chi connectivity index (χ3v) is 3.67.